The minimum absolute atomic E-state index is 0.0920. The van der Waals surface area contributed by atoms with Gasteiger partial charge in [-0.15, -0.1) is 0 Å². The molecule has 1 aliphatic rings. The first-order valence-electron chi connectivity index (χ1n) is 5.18. The monoisotopic (exact) mass is 210 g/mol. The molecule has 1 nitrogen and oxygen atoms in total. The molecule has 0 amide bonds. The van der Waals surface area contributed by atoms with Crippen LogP contribution in [0.5, 0.6) is 0 Å². The summed E-state index contributed by atoms with van der Waals surface area (Å²) in [6.07, 6.45) is 4.19. The lowest BCUT2D eigenvalue weighted by Crippen LogP contribution is -2.15. The average Bonchev–Trinajstić information content (AvgIpc) is 2.56. The van der Waals surface area contributed by atoms with E-state index in [1.54, 1.807) is 0 Å². The van der Waals surface area contributed by atoms with E-state index in [1.165, 1.54) is 12.0 Å². The molecule has 1 N–H and O–H groups in total. The van der Waals surface area contributed by atoms with E-state index in [9.17, 15) is 5.11 Å². The molecule has 0 saturated heterocycles. The van der Waals surface area contributed by atoms with E-state index in [4.69, 9.17) is 11.6 Å². The molecule has 2 rings (SSSR count). The number of aliphatic hydroxyl groups is 1. The standard InChI is InChI=1S/C12H15ClO/c13-11-6-4-9(5-7-11)8-10-2-1-3-12(10)14/h4-7,10,12,14H,1-3,8H2/t10-,12+/m1/s1. The summed E-state index contributed by atoms with van der Waals surface area (Å²) in [7, 11) is 0. The van der Waals surface area contributed by atoms with Gasteiger partial charge in [-0.2, -0.15) is 0 Å². The van der Waals surface area contributed by atoms with Gasteiger partial charge in [0.05, 0.1) is 6.10 Å². The maximum absolute atomic E-state index is 9.68. The van der Waals surface area contributed by atoms with Crippen LogP contribution >= 0.6 is 11.6 Å². The van der Waals surface area contributed by atoms with E-state index in [1.807, 2.05) is 24.3 Å². The summed E-state index contributed by atoms with van der Waals surface area (Å²) in [5, 5.41) is 10.5. The first kappa shape index (κ1) is 10.0. The number of hydrogen-bond donors (Lipinski definition) is 1. The van der Waals surface area contributed by atoms with Gasteiger partial charge in [-0.25, -0.2) is 0 Å². The zero-order valence-corrected chi connectivity index (χ0v) is 8.87. The highest BCUT2D eigenvalue weighted by Crippen LogP contribution is 2.28. The lowest BCUT2D eigenvalue weighted by atomic mass is 9.96. The van der Waals surface area contributed by atoms with Crippen molar-refractivity contribution < 1.29 is 5.11 Å². The van der Waals surface area contributed by atoms with Crippen LogP contribution in [-0.2, 0) is 6.42 Å². The fourth-order valence-corrected chi connectivity index (χ4v) is 2.30. The van der Waals surface area contributed by atoms with E-state index >= 15 is 0 Å². The van der Waals surface area contributed by atoms with Gasteiger partial charge in [-0.05, 0) is 42.9 Å². The first-order chi connectivity index (χ1) is 6.75. The van der Waals surface area contributed by atoms with Gasteiger partial charge in [0.1, 0.15) is 0 Å². The van der Waals surface area contributed by atoms with E-state index in [2.05, 4.69) is 0 Å². The first-order valence-corrected chi connectivity index (χ1v) is 5.56. The molecule has 0 radical (unpaired) electrons. The fourth-order valence-electron chi connectivity index (χ4n) is 2.18. The predicted molar refractivity (Wildman–Crippen MR) is 58.5 cm³/mol. The van der Waals surface area contributed by atoms with Crippen molar-refractivity contribution in [3.8, 4) is 0 Å². The van der Waals surface area contributed by atoms with Crippen LogP contribution in [0.15, 0.2) is 24.3 Å². The Bertz CT molecular complexity index is 294. The van der Waals surface area contributed by atoms with Crippen LogP contribution in [0.25, 0.3) is 0 Å². The average molecular weight is 211 g/mol. The number of aliphatic hydroxyl groups excluding tert-OH is 1. The molecule has 2 heteroatoms. The van der Waals surface area contributed by atoms with Crippen LogP contribution in [-0.4, -0.2) is 11.2 Å². The van der Waals surface area contributed by atoms with E-state index < -0.39 is 0 Å². The number of rotatable bonds is 2. The van der Waals surface area contributed by atoms with Crippen molar-refractivity contribution in [2.75, 3.05) is 0 Å². The van der Waals surface area contributed by atoms with Gasteiger partial charge in [-0.1, -0.05) is 30.2 Å². The fraction of sp³-hybridized carbons (Fsp3) is 0.500. The Morgan fingerprint density at radius 2 is 1.93 bits per heavy atom. The molecule has 1 aromatic carbocycles. The normalized spacial score (nSPS) is 26.7. The van der Waals surface area contributed by atoms with Crippen LogP contribution in [0.1, 0.15) is 24.8 Å². The third-order valence-corrected chi connectivity index (χ3v) is 3.28. The second-order valence-electron chi connectivity index (χ2n) is 4.09. The molecule has 0 aromatic heterocycles. The highest BCUT2D eigenvalue weighted by atomic mass is 35.5. The van der Waals surface area contributed by atoms with Crippen molar-refractivity contribution in [3.05, 3.63) is 34.9 Å². The van der Waals surface area contributed by atoms with Crippen LogP contribution < -0.4 is 0 Å². The van der Waals surface area contributed by atoms with E-state index in [0.717, 1.165) is 24.3 Å². The highest BCUT2D eigenvalue weighted by molar-refractivity contribution is 6.30. The van der Waals surface area contributed by atoms with Crippen molar-refractivity contribution >= 4 is 11.6 Å². The molecular formula is C12H15ClO. The zero-order valence-electron chi connectivity index (χ0n) is 8.12. The van der Waals surface area contributed by atoms with Crippen LogP contribution in [0.4, 0.5) is 0 Å². The Balaban J connectivity index is 2.00. The second kappa shape index (κ2) is 4.33. The second-order valence-corrected chi connectivity index (χ2v) is 4.53. The largest absolute Gasteiger partial charge is 0.393 e. The molecule has 1 fully saturated rings. The molecule has 2 atom stereocenters. The topological polar surface area (TPSA) is 20.2 Å². The molecule has 0 bridgehead atoms. The molecule has 1 aliphatic carbocycles. The molecule has 14 heavy (non-hydrogen) atoms. The molecule has 0 heterocycles. The number of hydrogen-bond acceptors (Lipinski definition) is 1. The summed E-state index contributed by atoms with van der Waals surface area (Å²) >= 11 is 5.81. The molecule has 0 spiro atoms. The Kier molecular flexibility index (Phi) is 3.09. The third kappa shape index (κ3) is 2.28. The summed E-state index contributed by atoms with van der Waals surface area (Å²) in [6.45, 7) is 0. The third-order valence-electron chi connectivity index (χ3n) is 3.03. The van der Waals surface area contributed by atoms with E-state index in [-0.39, 0.29) is 6.10 Å². The maximum atomic E-state index is 9.68. The Hall–Kier alpha value is -0.530. The lowest BCUT2D eigenvalue weighted by Gasteiger charge is -2.13. The summed E-state index contributed by atoms with van der Waals surface area (Å²) in [6, 6.07) is 7.93. The number of halogens is 1. The SMILES string of the molecule is O[C@H]1CCC[C@@H]1Cc1ccc(Cl)cc1. The van der Waals surface area contributed by atoms with Gasteiger partial charge >= 0.3 is 0 Å². The van der Waals surface area contributed by atoms with E-state index in [0.29, 0.717) is 5.92 Å². The summed E-state index contributed by atoms with van der Waals surface area (Å²) in [5.41, 5.74) is 1.28. The highest BCUT2D eigenvalue weighted by Gasteiger charge is 2.24. The maximum Gasteiger partial charge on any atom is 0.0571 e. The van der Waals surface area contributed by atoms with Crippen molar-refractivity contribution in [2.24, 2.45) is 5.92 Å². The lowest BCUT2D eigenvalue weighted by molar-refractivity contribution is 0.132. The number of benzene rings is 1. The molecule has 0 unspecified atom stereocenters. The Morgan fingerprint density at radius 3 is 2.50 bits per heavy atom. The molecule has 76 valence electrons. The van der Waals surface area contributed by atoms with Gasteiger partial charge in [0.2, 0.25) is 0 Å². The van der Waals surface area contributed by atoms with Gasteiger partial charge in [-0.3, -0.25) is 0 Å². The van der Waals surface area contributed by atoms with Crippen molar-refractivity contribution in [2.45, 2.75) is 31.8 Å². The van der Waals surface area contributed by atoms with Crippen molar-refractivity contribution in [1.82, 2.24) is 0 Å². The van der Waals surface area contributed by atoms with Gasteiger partial charge in [0, 0.05) is 5.02 Å². The van der Waals surface area contributed by atoms with Gasteiger partial charge in [0.15, 0.2) is 0 Å². The van der Waals surface area contributed by atoms with Crippen LogP contribution in [0.2, 0.25) is 5.02 Å². The zero-order chi connectivity index (χ0) is 9.97. The summed E-state index contributed by atoms with van der Waals surface area (Å²) in [5.74, 6) is 0.455. The molecular weight excluding hydrogens is 196 g/mol. The minimum atomic E-state index is -0.0920. The van der Waals surface area contributed by atoms with Crippen LogP contribution in [0, 0.1) is 5.92 Å². The smallest absolute Gasteiger partial charge is 0.0571 e. The van der Waals surface area contributed by atoms with Gasteiger partial charge < -0.3 is 5.11 Å². The molecule has 0 aliphatic heterocycles. The summed E-state index contributed by atoms with van der Waals surface area (Å²) < 4.78 is 0. The Labute approximate surface area is 89.7 Å². The Morgan fingerprint density at radius 1 is 1.21 bits per heavy atom. The van der Waals surface area contributed by atoms with Crippen molar-refractivity contribution in [1.29, 1.82) is 0 Å². The minimum Gasteiger partial charge on any atom is -0.393 e. The molecule has 1 saturated carbocycles. The van der Waals surface area contributed by atoms with Gasteiger partial charge in [0.25, 0.3) is 0 Å². The van der Waals surface area contributed by atoms with Crippen molar-refractivity contribution in [3.63, 3.8) is 0 Å². The quantitative estimate of drug-likeness (QED) is 0.796. The summed E-state index contributed by atoms with van der Waals surface area (Å²) in [4.78, 5) is 0. The predicted octanol–water partition coefficient (Wildman–Crippen LogP) is 3.04. The molecule has 1 aromatic rings. The van der Waals surface area contributed by atoms with Crippen LogP contribution in [0.3, 0.4) is 0 Å².